The van der Waals surface area contributed by atoms with Crippen molar-refractivity contribution in [2.75, 3.05) is 17.2 Å². The molecule has 1 aliphatic rings. The second-order valence-corrected chi connectivity index (χ2v) is 7.03. The summed E-state index contributed by atoms with van der Waals surface area (Å²) in [6, 6.07) is 15.9. The third kappa shape index (κ3) is 4.86. The van der Waals surface area contributed by atoms with Gasteiger partial charge in [-0.1, -0.05) is 35.9 Å². The standard InChI is InChI=1S/C20H17N3O4S/c1-13-7-9-15(10-8-13)21-17(24)11-16-19(26)23(20(27)28-16)12-18(25)22-14-5-3-2-4-6-14/h2-11H,12H2,1H3,(H,21,24)(H,22,25)/b16-11+. The fourth-order valence-corrected chi connectivity index (χ4v) is 3.25. The van der Waals surface area contributed by atoms with Crippen molar-refractivity contribution in [3.8, 4) is 0 Å². The maximum absolute atomic E-state index is 12.4. The van der Waals surface area contributed by atoms with E-state index in [4.69, 9.17) is 0 Å². The zero-order valence-corrected chi connectivity index (χ0v) is 15.8. The van der Waals surface area contributed by atoms with E-state index in [1.165, 1.54) is 0 Å². The summed E-state index contributed by atoms with van der Waals surface area (Å²) in [5, 5.41) is 4.64. The number of anilines is 2. The smallest absolute Gasteiger partial charge is 0.294 e. The van der Waals surface area contributed by atoms with Crippen LogP contribution in [-0.4, -0.2) is 34.4 Å². The number of thioether (sulfide) groups is 1. The van der Waals surface area contributed by atoms with Gasteiger partial charge in [-0.2, -0.15) is 0 Å². The van der Waals surface area contributed by atoms with Crippen LogP contribution in [0.2, 0.25) is 0 Å². The molecule has 0 atom stereocenters. The molecule has 0 spiro atoms. The quantitative estimate of drug-likeness (QED) is 0.759. The lowest BCUT2D eigenvalue weighted by Crippen LogP contribution is -2.36. The molecule has 0 radical (unpaired) electrons. The summed E-state index contributed by atoms with van der Waals surface area (Å²) in [7, 11) is 0. The number of para-hydroxylation sites is 1. The summed E-state index contributed by atoms with van der Waals surface area (Å²) in [5.41, 5.74) is 2.19. The number of nitrogens with one attached hydrogen (secondary N) is 2. The Hall–Kier alpha value is -3.39. The van der Waals surface area contributed by atoms with Crippen molar-refractivity contribution in [2.45, 2.75) is 6.92 Å². The van der Waals surface area contributed by atoms with Gasteiger partial charge in [0.05, 0.1) is 4.91 Å². The number of hydrogen-bond acceptors (Lipinski definition) is 5. The van der Waals surface area contributed by atoms with Crippen molar-refractivity contribution in [1.29, 1.82) is 0 Å². The zero-order valence-electron chi connectivity index (χ0n) is 15.0. The molecule has 0 aromatic heterocycles. The normalized spacial score (nSPS) is 15.0. The first-order valence-corrected chi connectivity index (χ1v) is 9.22. The van der Waals surface area contributed by atoms with Crippen LogP contribution >= 0.6 is 11.8 Å². The number of hydrogen-bond donors (Lipinski definition) is 2. The van der Waals surface area contributed by atoms with Crippen molar-refractivity contribution in [3.63, 3.8) is 0 Å². The van der Waals surface area contributed by atoms with Crippen LogP contribution < -0.4 is 10.6 Å². The Kier molecular flexibility index (Phi) is 5.90. The molecule has 8 heteroatoms. The number of benzene rings is 2. The molecule has 1 heterocycles. The third-order valence-corrected chi connectivity index (χ3v) is 4.72. The van der Waals surface area contributed by atoms with E-state index in [0.29, 0.717) is 23.1 Å². The molecule has 4 amide bonds. The molecule has 3 rings (SSSR count). The largest absolute Gasteiger partial charge is 0.325 e. The molecule has 2 N–H and O–H groups in total. The highest BCUT2D eigenvalue weighted by atomic mass is 32.2. The highest BCUT2D eigenvalue weighted by molar-refractivity contribution is 8.18. The number of imide groups is 1. The van der Waals surface area contributed by atoms with Gasteiger partial charge in [-0.05, 0) is 43.0 Å². The van der Waals surface area contributed by atoms with Gasteiger partial charge >= 0.3 is 0 Å². The molecule has 1 saturated heterocycles. The average molecular weight is 395 g/mol. The van der Waals surface area contributed by atoms with Gasteiger partial charge in [0.25, 0.3) is 11.1 Å². The van der Waals surface area contributed by atoms with Crippen molar-refractivity contribution in [1.82, 2.24) is 4.90 Å². The highest BCUT2D eigenvalue weighted by Crippen LogP contribution is 2.30. The van der Waals surface area contributed by atoms with E-state index in [-0.39, 0.29) is 4.91 Å². The summed E-state index contributed by atoms with van der Waals surface area (Å²) in [5.74, 6) is -1.70. The fourth-order valence-electron chi connectivity index (χ4n) is 2.44. The van der Waals surface area contributed by atoms with Gasteiger partial charge in [-0.15, -0.1) is 0 Å². The summed E-state index contributed by atoms with van der Waals surface area (Å²) >= 11 is 0.629. The minimum atomic E-state index is -0.669. The molecule has 2 aromatic rings. The Balaban J connectivity index is 1.62. The molecule has 0 aliphatic carbocycles. The Morgan fingerprint density at radius 1 is 0.964 bits per heavy atom. The fraction of sp³-hybridized carbons (Fsp3) is 0.100. The van der Waals surface area contributed by atoms with Gasteiger partial charge in [0.15, 0.2) is 0 Å². The number of carbonyl (C=O) groups is 4. The van der Waals surface area contributed by atoms with Gasteiger partial charge in [-0.25, -0.2) is 0 Å². The molecule has 0 saturated carbocycles. The topological polar surface area (TPSA) is 95.6 Å². The third-order valence-electron chi connectivity index (χ3n) is 3.81. The summed E-state index contributed by atoms with van der Waals surface area (Å²) < 4.78 is 0. The van der Waals surface area contributed by atoms with E-state index in [1.54, 1.807) is 42.5 Å². The van der Waals surface area contributed by atoms with Gasteiger partial charge in [0.2, 0.25) is 11.8 Å². The van der Waals surface area contributed by atoms with Gasteiger partial charge in [0.1, 0.15) is 6.54 Å². The van der Waals surface area contributed by atoms with Crippen LogP contribution in [0.25, 0.3) is 0 Å². The number of rotatable bonds is 5. The number of aryl methyl sites for hydroxylation is 1. The molecule has 7 nitrogen and oxygen atoms in total. The average Bonchev–Trinajstić information content (AvgIpc) is 2.92. The van der Waals surface area contributed by atoms with E-state index in [2.05, 4.69) is 10.6 Å². The van der Waals surface area contributed by atoms with Crippen molar-refractivity contribution < 1.29 is 19.2 Å². The van der Waals surface area contributed by atoms with Crippen LogP contribution in [0.15, 0.2) is 65.6 Å². The van der Waals surface area contributed by atoms with E-state index in [0.717, 1.165) is 16.5 Å². The number of nitrogens with zero attached hydrogens (tertiary/aromatic N) is 1. The van der Waals surface area contributed by atoms with Crippen LogP contribution in [0.4, 0.5) is 16.2 Å². The summed E-state index contributed by atoms with van der Waals surface area (Å²) in [6.07, 6.45) is 1.07. The molecule has 2 aromatic carbocycles. The van der Waals surface area contributed by atoms with Crippen LogP contribution in [0, 0.1) is 6.92 Å². The van der Waals surface area contributed by atoms with Crippen molar-refractivity contribution in [2.24, 2.45) is 0 Å². The zero-order chi connectivity index (χ0) is 20.1. The second kappa shape index (κ2) is 8.53. The molecule has 142 valence electrons. The first kappa shape index (κ1) is 19.4. The van der Waals surface area contributed by atoms with Crippen molar-refractivity contribution >= 4 is 46.1 Å². The number of carbonyl (C=O) groups excluding carboxylic acids is 4. The lowest BCUT2D eigenvalue weighted by molar-refractivity contribution is -0.127. The molecular weight excluding hydrogens is 378 g/mol. The predicted molar refractivity (Wildman–Crippen MR) is 108 cm³/mol. The van der Waals surface area contributed by atoms with Gasteiger partial charge in [0, 0.05) is 17.5 Å². The van der Waals surface area contributed by atoms with Crippen LogP contribution in [0.5, 0.6) is 0 Å². The Bertz CT molecular complexity index is 955. The first-order chi connectivity index (χ1) is 13.4. The Morgan fingerprint density at radius 2 is 1.61 bits per heavy atom. The molecular formula is C20H17N3O4S. The maximum atomic E-state index is 12.4. The monoisotopic (exact) mass is 395 g/mol. The van der Waals surface area contributed by atoms with Gasteiger partial charge < -0.3 is 10.6 Å². The Labute approximate surface area is 165 Å². The van der Waals surface area contributed by atoms with E-state index >= 15 is 0 Å². The molecule has 28 heavy (non-hydrogen) atoms. The summed E-state index contributed by atoms with van der Waals surface area (Å²) in [4.78, 5) is 49.5. The van der Waals surface area contributed by atoms with E-state index in [1.807, 2.05) is 19.1 Å². The highest BCUT2D eigenvalue weighted by Gasteiger charge is 2.36. The van der Waals surface area contributed by atoms with E-state index in [9.17, 15) is 19.2 Å². The van der Waals surface area contributed by atoms with E-state index < -0.39 is 29.5 Å². The van der Waals surface area contributed by atoms with Gasteiger partial charge in [-0.3, -0.25) is 24.1 Å². The molecule has 0 bridgehead atoms. The maximum Gasteiger partial charge on any atom is 0.294 e. The molecule has 1 aliphatic heterocycles. The minimum Gasteiger partial charge on any atom is -0.325 e. The van der Waals surface area contributed by atoms with Crippen LogP contribution in [-0.2, 0) is 14.4 Å². The lowest BCUT2D eigenvalue weighted by Gasteiger charge is -2.12. The first-order valence-electron chi connectivity index (χ1n) is 8.40. The van der Waals surface area contributed by atoms with Crippen LogP contribution in [0.1, 0.15) is 5.56 Å². The lowest BCUT2D eigenvalue weighted by atomic mass is 10.2. The predicted octanol–water partition coefficient (Wildman–Crippen LogP) is 3.15. The summed E-state index contributed by atoms with van der Waals surface area (Å²) in [6.45, 7) is 1.51. The van der Waals surface area contributed by atoms with Crippen LogP contribution in [0.3, 0.4) is 0 Å². The van der Waals surface area contributed by atoms with Crippen molar-refractivity contribution in [3.05, 3.63) is 71.1 Å². The molecule has 1 fully saturated rings. The second-order valence-electron chi connectivity index (χ2n) is 6.04. The SMILES string of the molecule is Cc1ccc(NC(=O)/C=C2/SC(=O)N(CC(=O)Nc3ccccc3)C2=O)cc1. The minimum absolute atomic E-state index is 0.0258. The Morgan fingerprint density at radius 3 is 2.29 bits per heavy atom. The number of amides is 4. The molecule has 0 unspecified atom stereocenters.